The van der Waals surface area contributed by atoms with E-state index in [-0.39, 0.29) is 5.91 Å². The Bertz CT molecular complexity index is 752. The molecule has 0 spiro atoms. The van der Waals surface area contributed by atoms with Crippen LogP contribution in [0.2, 0.25) is 5.02 Å². The van der Waals surface area contributed by atoms with Gasteiger partial charge in [0.2, 0.25) is 5.91 Å². The van der Waals surface area contributed by atoms with E-state index < -0.39 is 6.04 Å². The van der Waals surface area contributed by atoms with Crippen molar-refractivity contribution in [3.8, 4) is 0 Å². The monoisotopic (exact) mass is 298 g/mol. The Morgan fingerprint density at radius 3 is 2.71 bits per heavy atom. The third-order valence-corrected chi connectivity index (χ3v) is 3.83. The Morgan fingerprint density at radius 2 is 1.95 bits per heavy atom. The number of amides is 1. The van der Waals surface area contributed by atoms with Gasteiger partial charge in [-0.2, -0.15) is 0 Å². The Morgan fingerprint density at radius 1 is 1.19 bits per heavy atom. The number of benzene rings is 2. The highest BCUT2D eigenvalue weighted by atomic mass is 35.5. The number of benzodiazepines with no additional fused rings is 1. The van der Waals surface area contributed by atoms with Gasteiger partial charge in [0.25, 0.3) is 0 Å². The Hall–Kier alpha value is -2.13. The molecule has 0 aromatic heterocycles. The number of nitrogens with one attached hydrogen (secondary N) is 1. The molecular formula is C17H15ClN2O. The minimum Gasteiger partial charge on any atom is -0.322 e. The van der Waals surface area contributed by atoms with Crippen molar-refractivity contribution >= 4 is 28.9 Å². The Labute approximate surface area is 128 Å². The van der Waals surface area contributed by atoms with Crippen LogP contribution in [0.15, 0.2) is 47.5 Å². The molecule has 2 aromatic rings. The number of para-hydroxylation sites is 1. The van der Waals surface area contributed by atoms with Crippen molar-refractivity contribution in [2.75, 3.05) is 5.32 Å². The fraction of sp³-hybridized carbons (Fsp3) is 0.176. The quantitative estimate of drug-likeness (QED) is 0.854. The zero-order chi connectivity index (χ0) is 15.0. The van der Waals surface area contributed by atoms with Gasteiger partial charge in [0.05, 0.1) is 16.4 Å². The van der Waals surface area contributed by atoms with Crippen molar-refractivity contribution in [1.82, 2.24) is 0 Å². The first-order valence-corrected chi connectivity index (χ1v) is 7.18. The second-order valence-electron chi connectivity index (χ2n) is 5.17. The largest absolute Gasteiger partial charge is 0.322 e. The van der Waals surface area contributed by atoms with E-state index in [2.05, 4.69) is 16.4 Å². The van der Waals surface area contributed by atoms with Gasteiger partial charge in [0.1, 0.15) is 6.04 Å². The van der Waals surface area contributed by atoms with E-state index in [0.29, 0.717) is 10.7 Å². The number of carbonyl (C=O) groups is 1. The molecule has 1 atom stereocenters. The van der Waals surface area contributed by atoms with E-state index in [1.807, 2.05) is 37.3 Å². The number of hydrogen-bond donors (Lipinski definition) is 1. The van der Waals surface area contributed by atoms with E-state index in [0.717, 1.165) is 22.4 Å². The van der Waals surface area contributed by atoms with Crippen LogP contribution in [-0.4, -0.2) is 17.7 Å². The molecule has 0 bridgehead atoms. The fourth-order valence-electron chi connectivity index (χ4n) is 2.42. The van der Waals surface area contributed by atoms with Crippen molar-refractivity contribution in [2.24, 2.45) is 4.99 Å². The molecule has 1 unspecified atom stereocenters. The summed E-state index contributed by atoms with van der Waals surface area (Å²) in [5.41, 5.74) is 4.42. The zero-order valence-electron chi connectivity index (χ0n) is 11.9. The Balaban J connectivity index is 2.25. The molecule has 0 radical (unpaired) electrons. The summed E-state index contributed by atoms with van der Waals surface area (Å²) in [4.78, 5) is 16.7. The molecule has 1 heterocycles. The second kappa shape index (κ2) is 5.34. The van der Waals surface area contributed by atoms with Gasteiger partial charge < -0.3 is 5.32 Å². The number of hydrogen-bond acceptors (Lipinski definition) is 2. The molecular weight excluding hydrogens is 284 g/mol. The first kappa shape index (κ1) is 13.8. The number of halogens is 1. The number of aliphatic imine (C=N–C) groups is 1. The second-order valence-corrected chi connectivity index (χ2v) is 5.58. The molecule has 0 saturated heterocycles. The van der Waals surface area contributed by atoms with Crippen LogP contribution in [0, 0.1) is 6.92 Å². The number of rotatable bonds is 1. The molecule has 1 N–H and O–H groups in total. The highest BCUT2D eigenvalue weighted by molar-refractivity contribution is 6.35. The predicted molar refractivity (Wildman–Crippen MR) is 86.4 cm³/mol. The number of aryl methyl sites for hydroxylation is 1. The highest BCUT2D eigenvalue weighted by Gasteiger charge is 2.24. The van der Waals surface area contributed by atoms with Crippen LogP contribution in [0.3, 0.4) is 0 Å². The topological polar surface area (TPSA) is 41.5 Å². The normalized spacial score (nSPS) is 17.6. The molecule has 0 fully saturated rings. The zero-order valence-corrected chi connectivity index (χ0v) is 12.6. The molecule has 106 valence electrons. The summed E-state index contributed by atoms with van der Waals surface area (Å²) in [6.07, 6.45) is 0. The molecule has 0 saturated carbocycles. The Kier molecular flexibility index (Phi) is 3.52. The number of fused-ring (bicyclic) bond motifs is 1. The third-order valence-electron chi connectivity index (χ3n) is 3.51. The summed E-state index contributed by atoms with van der Waals surface area (Å²) in [5.74, 6) is -0.146. The van der Waals surface area contributed by atoms with Crippen LogP contribution in [-0.2, 0) is 4.79 Å². The maximum absolute atomic E-state index is 12.1. The maximum Gasteiger partial charge on any atom is 0.248 e. The van der Waals surface area contributed by atoms with Gasteiger partial charge in [0.15, 0.2) is 0 Å². The number of carbonyl (C=O) groups excluding carboxylic acids is 1. The minimum absolute atomic E-state index is 0.146. The summed E-state index contributed by atoms with van der Waals surface area (Å²) in [6.45, 7) is 3.82. The van der Waals surface area contributed by atoms with E-state index in [4.69, 9.17) is 11.6 Å². The summed E-state index contributed by atoms with van der Waals surface area (Å²) in [6, 6.07) is 13.2. The fourth-order valence-corrected chi connectivity index (χ4v) is 2.64. The standard InChI is InChI=1S/C17H15ClN2O/c1-10-5-3-6-12(9-10)15-13-7-4-8-14(18)16(13)20-17(21)11(2)19-15/h3-9,11H,1-2H3,(H,20,21). The average molecular weight is 299 g/mol. The lowest BCUT2D eigenvalue weighted by Crippen LogP contribution is -2.22. The molecule has 21 heavy (non-hydrogen) atoms. The van der Waals surface area contributed by atoms with Crippen molar-refractivity contribution in [3.63, 3.8) is 0 Å². The summed E-state index contributed by atoms with van der Waals surface area (Å²) >= 11 is 6.24. The van der Waals surface area contributed by atoms with Gasteiger partial charge in [-0.25, -0.2) is 0 Å². The van der Waals surface area contributed by atoms with Gasteiger partial charge in [-0.1, -0.05) is 47.5 Å². The lowest BCUT2D eigenvalue weighted by atomic mass is 9.99. The van der Waals surface area contributed by atoms with Crippen LogP contribution in [0.5, 0.6) is 0 Å². The van der Waals surface area contributed by atoms with E-state index in [9.17, 15) is 4.79 Å². The molecule has 1 amide bonds. The van der Waals surface area contributed by atoms with Crippen molar-refractivity contribution in [2.45, 2.75) is 19.9 Å². The van der Waals surface area contributed by atoms with Crippen LogP contribution in [0.1, 0.15) is 23.6 Å². The molecule has 4 heteroatoms. The lowest BCUT2D eigenvalue weighted by molar-refractivity contribution is -0.116. The van der Waals surface area contributed by atoms with E-state index >= 15 is 0 Å². The van der Waals surface area contributed by atoms with Crippen molar-refractivity contribution in [1.29, 1.82) is 0 Å². The molecule has 1 aliphatic rings. The molecule has 2 aromatic carbocycles. The van der Waals surface area contributed by atoms with Crippen LogP contribution in [0.25, 0.3) is 0 Å². The third kappa shape index (κ3) is 2.57. The van der Waals surface area contributed by atoms with Crippen LogP contribution < -0.4 is 5.32 Å². The van der Waals surface area contributed by atoms with E-state index in [1.165, 1.54) is 0 Å². The van der Waals surface area contributed by atoms with Gasteiger partial charge >= 0.3 is 0 Å². The molecule has 1 aliphatic heterocycles. The molecule has 3 nitrogen and oxygen atoms in total. The lowest BCUT2D eigenvalue weighted by Gasteiger charge is -2.11. The van der Waals surface area contributed by atoms with Gasteiger partial charge in [-0.3, -0.25) is 9.79 Å². The molecule has 3 rings (SSSR count). The first-order chi connectivity index (χ1) is 10.1. The minimum atomic E-state index is -0.455. The maximum atomic E-state index is 12.1. The van der Waals surface area contributed by atoms with Crippen molar-refractivity contribution < 1.29 is 4.79 Å². The van der Waals surface area contributed by atoms with Crippen molar-refractivity contribution in [3.05, 3.63) is 64.2 Å². The summed E-state index contributed by atoms with van der Waals surface area (Å²) < 4.78 is 0. The van der Waals surface area contributed by atoms with Gasteiger partial charge in [0, 0.05) is 11.1 Å². The SMILES string of the molecule is Cc1cccc(C2=NC(C)C(=O)Nc3c(Cl)cccc32)c1. The van der Waals surface area contributed by atoms with Crippen LogP contribution in [0.4, 0.5) is 5.69 Å². The smallest absolute Gasteiger partial charge is 0.248 e. The summed E-state index contributed by atoms with van der Waals surface area (Å²) in [5, 5.41) is 3.39. The van der Waals surface area contributed by atoms with Gasteiger partial charge in [-0.05, 0) is 26.0 Å². The average Bonchev–Trinajstić information content (AvgIpc) is 2.58. The summed E-state index contributed by atoms with van der Waals surface area (Å²) in [7, 11) is 0. The first-order valence-electron chi connectivity index (χ1n) is 6.81. The number of nitrogens with zero attached hydrogens (tertiary/aromatic N) is 1. The number of anilines is 1. The highest BCUT2D eigenvalue weighted by Crippen LogP contribution is 2.30. The molecule has 0 aliphatic carbocycles. The van der Waals surface area contributed by atoms with Gasteiger partial charge in [-0.15, -0.1) is 0 Å². The van der Waals surface area contributed by atoms with Crippen LogP contribution >= 0.6 is 11.6 Å². The predicted octanol–water partition coefficient (Wildman–Crippen LogP) is 3.83. The van der Waals surface area contributed by atoms with E-state index in [1.54, 1.807) is 13.0 Å².